The van der Waals surface area contributed by atoms with Crippen LogP contribution in [0.2, 0.25) is 0 Å². The Morgan fingerprint density at radius 1 is 1.25 bits per heavy atom. The van der Waals surface area contributed by atoms with E-state index in [0.717, 1.165) is 28.8 Å². The molecular weight excluding hydrogens is 402 g/mol. The third-order valence-corrected chi connectivity index (χ3v) is 4.96. The molecule has 0 atom stereocenters. The summed E-state index contributed by atoms with van der Waals surface area (Å²) in [4.78, 5) is 15.4. The molecule has 8 heteroatoms. The molecule has 0 saturated carbocycles. The third kappa shape index (κ3) is 5.14. The van der Waals surface area contributed by atoms with Crippen LogP contribution in [0.15, 0.2) is 43.4 Å². The zero-order valence-corrected chi connectivity index (χ0v) is 19.6. The third-order valence-electron chi connectivity index (χ3n) is 4.96. The summed E-state index contributed by atoms with van der Waals surface area (Å²) in [6.07, 6.45) is 5.23. The molecule has 0 spiro atoms. The highest BCUT2D eigenvalue weighted by atomic mass is 16.5. The van der Waals surface area contributed by atoms with E-state index in [-0.39, 0.29) is 5.41 Å². The number of methoxy groups -OCH3 is 1. The van der Waals surface area contributed by atoms with Gasteiger partial charge in [0.2, 0.25) is 5.95 Å². The largest absolute Gasteiger partial charge is 0.495 e. The lowest BCUT2D eigenvalue weighted by atomic mass is 9.97. The molecule has 2 heterocycles. The van der Waals surface area contributed by atoms with Crippen molar-refractivity contribution in [3.05, 3.63) is 54.5 Å². The van der Waals surface area contributed by atoms with Gasteiger partial charge in [-0.25, -0.2) is 15.0 Å². The maximum Gasteiger partial charge on any atom is 0.227 e. The van der Waals surface area contributed by atoms with Crippen LogP contribution in [-0.2, 0) is 0 Å². The minimum absolute atomic E-state index is 0.107. The van der Waals surface area contributed by atoms with Gasteiger partial charge in [0.15, 0.2) is 5.82 Å². The Bertz CT molecular complexity index is 1150. The van der Waals surface area contributed by atoms with Crippen molar-refractivity contribution >= 4 is 34.2 Å². The van der Waals surface area contributed by atoms with Crippen LogP contribution in [0, 0.1) is 17.7 Å². The Balaban J connectivity index is 1.95. The van der Waals surface area contributed by atoms with E-state index in [2.05, 4.69) is 48.0 Å². The van der Waals surface area contributed by atoms with Crippen molar-refractivity contribution in [1.82, 2.24) is 19.9 Å². The summed E-state index contributed by atoms with van der Waals surface area (Å²) in [6, 6.07) is 5.49. The molecule has 0 amide bonds. The summed E-state index contributed by atoms with van der Waals surface area (Å²) in [7, 11) is 3.37. The predicted molar refractivity (Wildman–Crippen MR) is 131 cm³/mol. The van der Waals surface area contributed by atoms with Gasteiger partial charge in [-0.1, -0.05) is 27.4 Å². The molecule has 0 bridgehead atoms. The van der Waals surface area contributed by atoms with Crippen molar-refractivity contribution in [2.45, 2.75) is 27.7 Å². The van der Waals surface area contributed by atoms with Gasteiger partial charge in [-0.3, -0.25) is 5.41 Å². The first-order chi connectivity index (χ1) is 15.1. The van der Waals surface area contributed by atoms with Crippen molar-refractivity contribution in [3.63, 3.8) is 0 Å². The fraction of sp³-hybridized carbons (Fsp3) is 0.333. The summed E-state index contributed by atoms with van der Waals surface area (Å²) in [5.41, 5.74) is 3.30. The first kappa shape index (κ1) is 23.0. The number of nitrogens with one attached hydrogen (secondary N) is 3. The van der Waals surface area contributed by atoms with E-state index < -0.39 is 0 Å². The number of hydrogen-bond donors (Lipinski definition) is 3. The molecule has 0 unspecified atom stereocenters. The second kappa shape index (κ2) is 9.21. The van der Waals surface area contributed by atoms with Crippen molar-refractivity contribution in [1.29, 1.82) is 5.41 Å². The van der Waals surface area contributed by atoms with E-state index in [1.54, 1.807) is 37.5 Å². The van der Waals surface area contributed by atoms with Crippen LogP contribution in [0.5, 0.6) is 5.75 Å². The minimum Gasteiger partial charge on any atom is -0.495 e. The SMILES string of the molecule is C=CN(C)C(=N)c1ccc(Nc2ncc3c(C)cnc(NCC(C)(C)C)c3n2)c(OC)c1. The highest BCUT2D eigenvalue weighted by Crippen LogP contribution is 2.30. The highest BCUT2D eigenvalue weighted by molar-refractivity contribution is 5.98. The number of anilines is 3. The maximum atomic E-state index is 8.26. The van der Waals surface area contributed by atoms with E-state index in [9.17, 15) is 0 Å². The average molecular weight is 434 g/mol. The Kier molecular flexibility index (Phi) is 6.62. The Morgan fingerprint density at radius 2 is 2.00 bits per heavy atom. The lowest BCUT2D eigenvalue weighted by Crippen LogP contribution is -2.20. The van der Waals surface area contributed by atoms with Crippen LogP contribution in [0.4, 0.5) is 17.5 Å². The first-order valence-corrected chi connectivity index (χ1v) is 10.4. The molecule has 8 nitrogen and oxygen atoms in total. The number of amidine groups is 1. The Morgan fingerprint density at radius 3 is 2.66 bits per heavy atom. The van der Waals surface area contributed by atoms with Crippen LogP contribution in [0.3, 0.4) is 0 Å². The second-order valence-corrected chi connectivity index (χ2v) is 8.84. The summed E-state index contributed by atoms with van der Waals surface area (Å²) in [5, 5.41) is 15.9. The standard InChI is InChI=1S/C24H31N7O/c1-8-31(6)21(25)16-9-10-18(19(11-16)32-7)29-23-27-13-17-15(2)12-26-22(20(17)30-23)28-14-24(3,4)5/h8-13,25H,1,14H2,2-7H3,(H,26,28)(H,27,29,30). The van der Waals surface area contributed by atoms with E-state index in [1.165, 1.54) is 0 Å². The number of aromatic nitrogens is 3. The van der Waals surface area contributed by atoms with Crippen molar-refractivity contribution in [3.8, 4) is 5.75 Å². The number of benzene rings is 1. The molecular formula is C24H31N7O. The fourth-order valence-electron chi connectivity index (χ4n) is 3.04. The summed E-state index contributed by atoms with van der Waals surface area (Å²) in [5.74, 6) is 2.08. The van der Waals surface area contributed by atoms with Gasteiger partial charge in [-0.05, 0) is 42.3 Å². The van der Waals surface area contributed by atoms with Crippen molar-refractivity contribution in [2.24, 2.45) is 5.41 Å². The lowest BCUT2D eigenvalue weighted by Gasteiger charge is -2.20. The predicted octanol–water partition coefficient (Wildman–Crippen LogP) is 4.94. The molecule has 3 rings (SSSR count). The van der Waals surface area contributed by atoms with Crippen LogP contribution >= 0.6 is 0 Å². The Hall–Kier alpha value is -3.68. The molecule has 3 aromatic rings. The zero-order valence-electron chi connectivity index (χ0n) is 19.6. The van der Waals surface area contributed by atoms with E-state index in [4.69, 9.17) is 15.1 Å². The van der Waals surface area contributed by atoms with Crippen LogP contribution in [-0.4, -0.2) is 46.4 Å². The molecule has 32 heavy (non-hydrogen) atoms. The highest BCUT2D eigenvalue weighted by Gasteiger charge is 2.15. The molecule has 0 saturated heterocycles. The van der Waals surface area contributed by atoms with Crippen LogP contribution < -0.4 is 15.4 Å². The average Bonchev–Trinajstić information content (AvgIpc) is 2.77. The van der Waals surface area contributed by atoms with Crippen LogP contribution in [0.1, 0.15) is 31.9 Å². The number of nitrogens with zero attached hydrogens (tertiary/aromatic N) is 4. The van der Waals surface area contributed by atoms with Gasteiger partial charge < -0.3 is 20.3 Å². The number of ether oxygens (including phenoxy) is 1. The molecule has 3 N–H and O–H groups in total. The molecule has 0 aliphatic rings. The number of hydrogen-bond acceptors (Lipinski definition) is 7. The topological polar surface area (TPSA) is 99.1 Å². The monoisotopic (exact) mass is 433 g/mol. The van der Waals surface area contributed by atoms with E-state index >= 15 is 0 Å². The number of pyridine rings is 1. The molecule has 0 aliphatic carbocycles. The van der Waals surface area contributed by atoms with Crippen molar-refractivity contribution in [2.75, 3.05) is 31.3 Å². The van der Waals surface area contributed by atoms with Gasteiger partial charge in [0.05, 0.1) is 12.8 Å². The molecule has 0 radical (unpaired) electrons. The quantitative estimate of drug-likeness (QED) is 0.358. The summed E-state index contributed by atoms with van der Waals surface area (Å²) >= 11 is 0. The van der Waals surface area contributed by atoms with E-state index in [1.807, 2.05) is 25.3 Å². The van der Waals surface area contributed by atoms with Gasteiger partial charge in [0, 0.05) is 36.9 Å². The smallest absolute Gasteiger partial charge is 0.227 e. The molecule has 168 valence electrons. The summed E-state index contributed by atoms with van der Waals surface area (Å²) < 4.78 is 5.54. The number of fused-ring (bicyclic) bond motifs is 1. The fourth-order valence-corrected chi connectivity index (χ4v) is 3.04. The van der Waals surface area contributed by atoms with Gasteiger partial charge in [-0.2, -0.15) is 0 Å². The van der Waals surface area contributed by atoms with Gasteiger partial charge >= 0.3 is 0 Å². The molecule has 2 aromatic heterocycles. The molecule has 1 aromatic carbocycles. The zero-order chi connectivity index (χ0) is 23.5. The Labute approximate surface area is 189 Å². The second-order valence-electron chi connectivity index (χ2n) is 8.84. The normalized spacial score (nSPS) is 11.2. The number of rotatable bonds is 7. The van der Waals surface area contributed by atoms with Gasteiger partial charge in [-0.15, -0.1) is 0 Å². The van der Waals surface area contributed by atoms with Gasteiger partial charge in [0.25, 0.3) is 0 Å². The maximum absolute atomic E-state index is 8.26. The molecule has 0 aliphatic heterocycles. The lowest BCUT2D eigenvalue weighted by molar-refractivity contribution is 0.416. The minimum atomic E-state index is 0.107. The summed E-state index contributed by atoms with van der Waals surface area (Å²) in [6.45, 7) is 13.0. The van der Waals surface area contributed by atoms with Gasteiger partial charge in [0.1, 0.15) is 17.1 Å². The first-order valence-electron chi connectivity index (χ1n) is 10.4. The van der Waals surface area contributed by atoms with Crippen molar-refractivity contribution < 1.29 is 4.74 Å². The number of aryl methyl sites for hydroxylation is 1. The van der Waals surface area contributed by atoms with E-state index in [0.29, 0.717) is 28.8 Å². The van der Waals surface area contributed by atoms with Crippen LogP contribution in [0.25, 0.3) is 10.9 Å². The molecule has 0 fully saturated rings.